The Hall–Kier alpha value is -8.96. The van der Waals surface area contributed by atoms with Crippen molar-refractivity contribution < 1.29 is 99.9 Å². The monoisotopic (exact) mass is 1610 g/mol. The molecular weight excluding hydrogens is 1500 g/mol. The van der Waals surface area contributed by atoms with Gasteiger partial charge in [-0.25, -0.2) is 14.2 Å². The SMILES string of the molecule is CCCC1CN(C(=O)C23CC(C(=O)N4CC(CC)c5c4cc(OP(=O)(O)O)c4[nH]cc(C)c54)(C2)C3)c2cc(OC(=S)N(C)CCN(C)C(=O)OCc3ccc(NC(=O)C(CCCNC(N)=O)NC(=O)C(NC(=O)CCOCCOCCOCCOCCOCCOCCN4C(=O)C=CC4=O)C(C)C)cc3)c(C)c(C(C)C=N)c21. The Bertz CT molecular complexity index is 4150. The van der Waals surface area contributed by atoms with Gasteiger partial charge in [0.25, 0.3) is 17.0 Å². The molecule has 6 aliphatic rings. The van der Waals surface area contributed by atoms with Gasteiger partial charge in [-0.2, -0.15) is 0 Å². The largest absolute Gasteiger partial charge is 0.524 e. The molecule has 4 heterocycles. The third kappa shape index (κ3) is 22.3. The predicted molar refractivity (Wildman–Crippen MR) is 423 cm³/mol. The van der Waals surface area contributed by atoms with E-state index in [1.165, 1.54) is 23.3 Å². The summed E-state index contributed by atoms with van der Waals surface area (Å²) in [5, 5.41) is 20.2. The van der Waals surface area contributed by atoms with Gasteiger partial charge in [-0.15, -0.1) is 0 Å². The Balaban J connectivity index is 0.693. The number of nitrogens with two attached hydrogens (primary N) is 1. The number of carbonyl (C=O) groups excluding carboxylic acids is 9. The number of hydrogen-bond acceptors (Lipinski definition) is 21. The summed E-state index contributed by atoms with van der Waals surface area (Å²) in [5.74, 6) is -2.92. The number of phosphoric ester groups is 1. The summed E-state index contributed by atoms with van der Waals surface area (Å²) in [4.78, 5) is 149. The van der Waals surface area contributed by atoms with Crippen LogP contribution in [0.4, 0.5) is 26.7 Å². The molecule has 0 spiro atoms. The molecule has 3 aromatic carbocycles. The first-order valence-electron chi connectivity index (χ1n) is 38.5. The van der Waals surface area contributed by atoms with Gasteiger partial charge in [0, 0.05) is 119 Å². The van der Waals surface area contributed by atoms with E-state index in [9.17, 15) is 52.7 Å². The van der Waals surface area contributed by atoms with E-state index in [0.717, 1.165) is 57.4 Å². The number of imide groups is 1. The van der Waals surface area contributed by atoms with E-state index in [1.807, 2.05) is 38.7 Å². The van der Waals surface area contributed by atoms with Crippen LogP contribution in [0, 0.1) is 36.0 Å². The van der Waals surface area contributed by atoms with Crippen LogP contribution in [0.25, 0.3) is 10.9 Å². The molecule has 3 saturated carbocycles. The van der Waals surface area contributed by atoms with Crippen LogP contribution < -0.4 is 46.1 Å². The van der Waals surface area contributed by atoms with Crippen LogP contribution in [0.1, 0.15) is 144 Å². The second-order valence-corrected chi connectivity index (χ2v) is 31.3. The lowest BCUT2D eigenvalue weighted by Crippen LogP contribution is -2.72. The molecule has 5 atom stereocenters. The average Bonchev–Trinajstić information content (AvgIpc) is 1.53. The lowest BCUT2D eigenvalue weighted by molar-refractivity contribution is -0.205. The van der Waals surface area contributed by atoms with E-state index < -0.39 is 60.6 Å². The number of amides is 10. The number of anilines is 3. The zero-order chi connectivity index (χ0) is 81.9. The zero-order valence-electron chi connectivity index (χ0n) is 65.9. The molecule has 0 radical (unpaired) electrons. The number of phosphoric acid groups is 1. The highest BCUT2D eigenvalue weighted by molar-refractivity contribution is 7.80. The molecule has 5 unspecified atom stereocenters. The highest BCUT2D eigenvalue weighted by Gasteiger charge is 2.76. The predicted octanol–water partition coefficient (Wildman–Crippen LogP) is 7.24. The minimum atomic E-state index is -4.97. The smallest absolute Gasteiger partial charge is 0.445 e. The first-order chi connectivity index (χ1) is 53.9. The van der Waals surface area contributed by atoms with Crippen LogP contribution in [0.2, 0.25) is 0 Å². The fourth-order valence-electron chi connectivity index (χ4n) is 15.3. The summed E-state index contributed by atoms with van der Waals surface area (Å²) in [6.07, 6.45) is 8.68. The summed E-state index contributed by atoms with van der Waals surface area (Å²) in [5.41, 5.74) is 10.8. The van der Waals surface area contributed by atoms with Crippen molar-refractivity contribution in [2.75, 3.05) is 148 Å². The Morgan fingerprint density at radius 1 is 0.752 bits per heavy atom. The molecule has 1 aromatic heterocycles. The number of carbonyl (C=O) groups is 9. The molecule has 10 rings (SSSR count). The normalized spacial score (nSPS) is 18.7. The maximum absolute atomic E-state index is 15.2. The topological polar surface area (TPSA) is 424 Å². The van der Waals surface area contributed by atoms with Gasteiger partial charge in [0.1, 0.15) is 24.4 Å². The second kappa shape index (κ2) is 40.4. The molecule has 35 heteroatoms. The van der Waals surface area contributed by atoms with Gasteiger partial charge in [-0.1, -0.05) is 53.2 Å². The molecule has 618 valence electrons. The molecule has 3 aliphatic carbocycles. The van der Waals surface area contributed by atoms with Crippen molar-refractivity contribution in [3.63, 3.8) is 0 Å². The lowest BCUT2D eigenvalue weighted by Gasteiger charge is -2.69. The van der Waals surface area contributed by atoms with Crippen molar-refractivity contribution >= 4 is 113 Å². The minimum absolute atomic E-state index is 0.0282. The third-order valence-electron chi connectivity index (χ3n) is 21.2. The van der Waals surface area contributed by atoms with Gasteiger partial charge in [-0.05, 0) is 122 Å². The number of nitrogens with zero attached hydrogens (tertiary/aromatic N) is 5. The number of H-pyrrole nitrogens is 1. The van der Waals surface area contributed by atoms with Crippen LogP contribution in [0.15, 0.2) is 54.7 Å². The Morgan fingerprint density at radius 3 is 1.85 bits per heavy atom. The summed E-state index contributed by atoms with van der Waals surface area (Å²) in [6.45, 7) is 18.3. The van der Waals surface area contributed by atoms with Crippen molar-refractivity contribution in [2.24, 2.45) is 22.5 Å². The van der Waals surface area contributed by atoms with Gasteiger partial charge in [0.05, 0.1) is 114 Å². The average molecular weight is 1610 g/mol. The van der Waals surface area contributed by atoms with Gasteiger partial charge in [0.15, 0.2) is 5.75 Å². The molecule has 2 bridgehead atoms. The zero-order valence-corrected chi connectivity index (χ0v) is 67.6. The highest BCUT2D eigenvalue weighted by atomic mass is 32.1. The number of aromatic amines is 1. The van der Waals surface area contributed by atoms with Gasteiger partial charge < -0.3 is 99.4 Å². The number of aromatic nitrogens is 1. The number of primary amides is 1. The molecule has 10 amide bonds. The molecule has 10 N–H and O–H groups in total. The van der Waals surface area contributed by atoms with Crippen LogP contribution in [-0.2, 0) is 77.9 Å². The standard InChI is InChI=1S/C78H109N12O21PS/c1-10-13-54-43-90(73(97)78-45-77(46-78,47-78)72(96)89-42-53(11-2)66-58(89)39-60(111-112(100,101)102)69-65(66)50(6)41-82-69)57-38-59(51(7)64(67(54)57)49(5)40-79)110-76(113)87(9)24-23-86(8)75(99)109-44-52-15-17-55(18-16-52)83-70(94)56(14-12-22-81-74(80)98)84-71(95)68(48(3)4)85-61(91)21-26-103-28-30-105-32-34-107-36-37-108-35-33-106-31-29-104-27-25-88-62(92)19-20-63(88)93/h15-20,38-41,48-49,53-54,56,68,79,82H,10-14,21-37,42-47H2,1-9H3,(H,83,94)(H,84,95)(H,85,91)(H3,80,81,98)(H2,100,101,102). The van der Waals surface area contributed by atoms with E-state index in [-0.39, 0.29) is 137 Å². The van der Waals surface area contributed by atoms with Gasteiger partial charge in [0.2, 0.25) is 29.5 Å². The molecule has 0 saturated heterocycles. The highest BCUT2D eigenvalue weighted by Crippen LogP contribution is 2.75. The second-order valence-electron chi connectivity index (χ2n) is 29.7. The van der Waals surface area contributed by atoms with Crippen LogP contribution in [-0.4, -0.2) is 239 Å². The Labute approximate surface area is 663 Å². The summed E-state index contributed by atoms with van der Waals surface area (Å²) >= 11 is 5.89. The Morgan fingerprint density at radius 2 is 1.30 bits per heavy atom. The number of fused-ring (bicyclic) bond motifs is 4. The van der Waals surface area contributed by atoms with Crippen LogP contribution >= 0.6 is 20.0 Å². The van der Waals surface area contributed by atoms with Crippen molar-refractivity contribution in [1.82, 2.24) is 35.6 Å². The number of aryl methyl sites for hydroxylation is 1. The van der Waals surface area contributed by atoms with Crippen molar-refractivity contribution in [3.8, 4) is 11.5 Å². The number of nitrogens with one attached hydrogen (secondary N) is 6. The van der Waals surface area contributed by atoms with Crippen LogP contribution in [0.3, 0.4) is 0 Å². The molecule has 3 fully saturated rings. The van der Waals surface area contributed by atoms with Crippen molar-refractivity contribution in [2.45, 2.75) is 143 Å². The number of likely N-dealkylation sites (N-methyl/N-ethyl adjacent to an activating group) is 2. The quantitative estimate of drug-likeness (QED) is 0.00691. The maximum Gasteiger partial charge on any atom is 0.524 e. The van der Waals surface area contributed by atoms with Crippen molar-refractivity contribution in [3.05, 3.63) is 88.1 Å². The summed E-state index contributed by atoms with van der Waals surface area (Å²) < 4.78 is 62.5. The first kappa shape index (κ1) is 88.0. The third-order valence-corrected chi connectivity index (χ3v) is 22.0. The van der Waals surface area contributed by atoms with Crippen LogP contribution in [0.5, 0.6) is 11.5 Å². The minimum Gasteiger partial charge on any atom is -0.445 e. The Kier molecular flexibility index (Phi) is 31.4. The molecular formula is C78H109N12O21PS. The van der Waals surface area contributed by atoms with Gasteiger partial charge >= 0.3 is 19.9 Å². The van der Waals surface area contributed by atoms with E-state index in [2.05, 4.69) is 33.2 Å². The lowest BCUT2D eigenvalue weighted by atomic mass is 9.34. The van der Waals surface area contributed by atoms with E-state index in [4.69, 9.17) is 65.8 Å². The number of urea groups is 1. The van der Waals surface area contributed by atoms with Gasteiger partial charge in [-0.3, -0.25) is 48.2 Å². The molecule has 3 aliphatic heterocycles. The van der Waals surface area contributed by atoms with E-state index in [1.54, 1.807) is 74.3 Å². The number of thiocarbonyl (C=S) groups is 1. The number of benzene rings is 3. The molecule has 4 aromatic rings. The first-order valence-corrected chi connectivity index (χ1v) is 40.4. The fourth-order valence-corrected chi connectivity index (χ4v) is 15.9. The van der Waals surface area contributed by atoms with E-state index >= 15 is 4.79 Å². The molecule has 33 nitrogen and oxygen atoms in total. The number of hydrogen-bond donors (Lipinski definition) is 9. The fraction of sp³-hybridized carbons (Fsp3) is 0.577. The van der Waals surface area contributed by atoms with Crippen molar-refractivity contribution in [1.29, 1.82) is 5.41 Å². The summed E-state index contributed by atoms with van der Waals surface area (Å²) in [7, 11) is -1.65. The maximum atomic E-state index is 15.2. The van der Waals surface area contributed by atoms with E-state index in [0.29, 0.717) is 119 Å². The number of rotatable bonds is 46. The summed E-state index contributed by atoms with van der Waals surface area (Å²) in [6, 6.07) is 7.11. The molecule has 113 heavy (non-hydrogen) atoms. The number of ether oxygens (including phenoxy) is 8.